The van der Waals surface area contributed by atoms with Crippen molar-refractivity contribution in [1.82, 2.24) is 0 Å². The lowest BCUT2D eigenvalue weighted by Crippen LogP contribution is -2.21. The summed E-state index contributed by atoms with van der Waals surface area (Å²) in [7, 11) is 0. The predicted molar refractivity (Wildman–Crippen MR) is 87.0 cm³/mol. The molecular weight excluding hydrogens is 258 g/mol. The second-order valence-corrected chi connectivity index (χ2v) is 5.91. The minimum atomic E-state index is 0.222. The lowest BCUT2D eigenvalue weighted by atomic mass is 10.0. The van der Waals surface area contributed by atoms with E-state index in [2.05, 4.69) is 37.3 Å². The lowest BCUT2D eigenvalue weighted by molar-refractivity contribution is 0.481. The maximum atomic E-state index is 6.03. The van der Waals surface area contributed by atoms with E-state index in [1.54, 1.807) is 0 Å². The average Bonchev–Trinajstić information content (AvgIpc) is 2.95. The van der Waals surface area contributed by atoms with Gasteiger partial charge in [-0.1, -0.05) is 25.1 Å². The molecule has 0 saturated heterocycles. The summed E-state index contributed by atoms with van der Waals surface area (Å²) in [6, 6.07) is 15.0. The fraction of sp³-hybridized carbons (Fsp3) is 0.368. The van der Waals surface area contributed by atoms with E-state index in [4.69, 9.17) is 10.5 Å². The number of fused-ring (bicyclic) bond motifs is 1. The normalized spacial score (nSPS) is 14.8. The van der Waals surface area contributed by atoms with Crippen LogP contribution in [0, 0.1) is 0 Å². The molecule has 0 amide bonds. The van der Waals surface area contributed by atoms with Crippen molar-refractivity contribution in [2.24, 2.45) is 5.73 Å². The summed E-state index contributed by atoms with van der Waals surface area (Å²) in [5.74, 6) is 1.83. The van der Waals surface area contributed by atoms with Crippen LogP contribution in [0.1, 0.15) is 36.5 Å². The van der Waals surface area contributed by atoms with Crippen molar-refractivity contribution in [1.29, 1.82) is 0 Å². The molecule has 0 bridgehead atoms. The molecule has 3 rings (SSSR count). The highest BCUT2D eigenvalue weighted by Crippen LogP contribution is 2.29. The number of ether oxygens (including phenoxy) is 1. The van der Waals surface area contributed by atoms with Gasteiger partial charge in [0.15, 0.2) is 0 Å². The molecule has 2 heteroatoms. The van der Waals surface area contributed by atoms with Gasteiger partial charge in [0.25, 0.3) is 0 Å². The molecule has 2 N–H and O–H groups in total. The highest BCUT2D eigenvalue weighted by Gasteiger charge is 2.11. The van der Waals surface area contributed by atoms with Gasteiger partial charge in [0, 0.05) is 6.04 Å². The van der Waals surface area contributed by atoms with Gasteiger partial charge < -0.3 is 10.5 Å². The van der Waals surface area contributed by atoms with Crippen LogP contribution in [0.5, 0.6) is 11.5 Å². The highest BCUT2D eigenvalue weighted by atomic mass is 16.5. The van der Waals surface area contributed by atoms with Crippen LogP contribution in [0.15, 0.2) is 42.5 Å². The van der Waals surface area contributed by atoms with Gasteiger partial charge in [-0.3, -0.25) is 0 Å². The standard InChI is InChI=1S/C19H23NO/c1-2-17(20)11-14-5-3-8-18(12-14)21-19-10-9-15-6-4-7-16(15)13-19/h3,5,8-10,12-13,17H,2,4,6-7,11,20H2,1H3. The molecule has 1 atom stereocenters. The number of aryl methyl sites for hydroxylation is 2. The molecule has 1 aliphatic carbocycles. The average molecular weight is 281 g/mol. The number of hydrogen-bond donors (Lipinski definition) is 1. The summed E-state index contributed by atoms with van der Waals surface area (Å²) in [5.41, 5.74) is 10.2. The van der Waals surface area contributed by atoms with Gasteiger partial charge >= 0.3 is 0 Å². The Morgan fingerprint density at radius 3 is 2.71 bits per heavy atom. The molecule has 2 aromatic rings. The fourth-order valence-electron chi connectivity index (χ4n) is 2.93. The first-order chi connectivity index (χ1) is 10.2. The van der Waals surface area contributed by atoms with E-state index in [1.807, 2.05) is 12.1 Å². The highest BCUT2D eigenvalue weighted by molar-refractivity contribution is 5.41. The Morgan fingerprint density at radius 2 is 1.86 bits per heavy atom. The first-order valence-electron chi connectivity index (χ1n) is 7.89. The van der Waals surface area contributed by atoms with E-state index in [0.29, 0.717) is 0 Å². The SMILES string of the molecule is CCC(N)Cc1cccc(Oc2ccc3c(c2)CCC3)c1. The number of rotatable bonds is 5. The molecule has 0 aliphatic heterocycles. The van der Waals surface area contributed by atoms with Crippen LogP contribution in [-0.2, 0) is 19.3 Å². The fourth-order valence-corrected chi connectivity index (χ4v) is 2.93. The van der Waals surface area contributed by atoms with Crippen molar-refractivity contribution < 1.29 is 4.74 Å². The Balaban J connectivity index is 1.74. The molecule has 0 fully saturated rings. The maximum absolute atomic E-state index is 6.03. The minimum absolute atomic E-state index is 0.222. The Bertz CT molecular complexity index is 621. The van der Waals surface area contributed by atoms with E-state index in [0.717, 1.165) is 24.3 Å². The quantitative estimate of drug-likeness (QED) is 0.889. The van der Waals surface area contributed by atoms with Crippen LogP contribution >= 0.6 is 0 Å². The molecule has 0 radical (unpaired) electrons. The minimum Gasteiger partial charge on any atom is -0.457 e. The van der Waals surface area contributed by atoms with Crippen molar-refractivity contribution in [3.63, 3.8) is 0 Å². The largest absolute Gasteiger partial charge is 0.457 e. The number of benzene rings is 2. The number of hydrogen-bond acceptors (Lipinski definition) is 2. The summed E-state index contributed by atoms with van der Waals surface area (Å²) in [4.78, 5) is 0. The van der Waals surface area contributed by atoms with Crippen molar-refractivity contribution in [2.45, 2.75) is 45.1 Å². The molecule has 1 unspecified atom stereocenters. The van der Waals surface area contributed by atoms with Gasteiger partial charge in [-0.05, 0) is 73.1 Å². The van der Waals surface area contributed by atoms with E-state index in [-0.39, 0.29) is 6.04 Å². The van der Waals surface area contributed by atoms with Gasteiger partial charge in [0.1, 0.15) is 11.5 Å². The molecule has 2 aromatic carbocycles. The van der Waals surface area contributed by atoms with Crippen molar-refractivity contribution in [2.75, 3.05) is 0 Å². The lowest BCUT2D eigenvalue weighted by Gasteiger charge is -2.11. The summed E-state index contributed by atoms with van der Waals surface area (Å²) in [5, 5.41) is 0. The van der Waals surface area contributed by atoms with Crippen molar-refractivity contribution in [3.8, 4) is 11.5 Å². The molecule has 1 aliphatic rings. The zero-order valence-electron chi connectivity index (χ0n) is 12.6. The maximum Gasteiger partial charge on any atom is 0.127 e. The second-order valence-electron chi connectivity index (χ2n) is 5.91. The van der Waals surface area contributed by atoms with E-state index in [1.165, 1.54) is 36.0 Å². The van der Waals surface area contributed by atoms with Crippen molar-refractivity contribution >= 4 is 0 Å². The van der Waals surface area contributed by atoms with Crippen LogP contribution in [-0.4, -0.2) is 6.04 Å². The van der Waals surface area contributed by atoms with Gasteiger partial charge in [0.2, 0.25) is 0 Å². The van der Waals surface area contributed by atoms with Crippen molar-refractivity contribution in [3.05, 3.63) is 59.2 Å². The smallest absolute Gasteiger partial charge is 0.127 e. The zero-order valence-corrected chi connectivity index (χ0v) is 12.6. The molecule has 0 aromatic heterocycles. The molecule has 0 heterocycles. The Hall–Kier alpha value is -1.80. The van der Waals surface area contributed by atoms with E-state index < -0.39 is 0 Å². The van der Waals surface area contributed by atoms with Crippen LogP contribution < -0.4 is 10.5 Å². The topological polar surface area (TPSA) is 35.2 Å². The Labute approximate surface area is 126 Å². The summed E-state index contributed by atoms with van der Waals surface area (Å²) in [6.07, 6.45) is 5.55. The molecule has 21 heavy (non-hydrogen) atoms. The summed E-state index contributed by atoms with van der Waals surface area (Å²) >= 11 is 0. The van der Waals surface area contributed by atoms with Crippen LogP contribution in [0.4, 0.5) is 0 Å². The third kappa shape index (κ3) is 3.45. The molecule has 2 nitrogen and oxygen atoms in total. The number of nitrogens with two attached hydrogens (primary N) is 1. The van der Waals surface area contributed by atoms with Gasteiger partial charge in [-0.2, -0.15) is 0 Å². The monoisotopic (exact) mass is 281 g/mol. The van der Waals surface area contributed by atoms with Gasteiger partial charge in [-0.15, -0.1) is 0 Å². The summed E-state index contributed by atoms with van der Waals surface area (Å²) < 4.78 is 6.02. The van der Waals surface area contributed by atoms with Gasteiger partial charge in [0.05, 0.1) is 0 Å². The van der Waals surface area contributed by atoms with Crippen LogP contribution in [0.25, 0.3) is 0 Å². The van der Waals surface area contributed by atoms with Crippen LogP contribution in [0.3, 0.4) is 0 Å². The van der Waals surface area contributed by atoms with E-state index >= 15 is 0 Å². The Morgan fingerprint density at radius 1 is 1.05 bits per heavy atom. The third-order valence-electron chi connectivity index (χ3n) is 4.23. The molecular formula is C19H23NO. The second kappa shape index (κ2) is 6.31. The first kappa shape index (κ1) is 14.2. The van der Waals surface area contributed by atoms with E-state index in [9.17, 15) is 0 Å². The third-order valence-corrected chi connectivity index (χ3v) is 4.23. The summed E-state index contributed by atoms with van der Waals surface area (Å²) in [6.45, 7) is 2.12. The Kier molecular flexibility index (Phi) is 4.26. The molecule has 0 spiro atoms. The first-order valence-corrected chi connectivity index (χ1v) is 7.89. The molecule has 110 valence electrons. The predicted octanol–water partition coefficient (Wildman–Crippen LogP) is 4.25. The zero-order chi connectivity index (χ0) is 14.7. The van der Waals surface area contributed by atoms with Crippen LogP contribution in [0.2, 0.25) is 0 Å². The molecule has 0 saturated carbocycles. The van der Waals surface area contributed by atoms with Gasteiger partial charge in [-0.25, -0.2) is 0 Å².